The fraction of sp³-hybridized carbons (Fsp3) is 0.174. The van der Waals surface area contributed by atoms with Gasteiger partial charge in [0.1, 0.15) is 0 Å². The van der Waals surface area contributed by atoms with Crippen LogP contribution in [0.1, 0.15) is 20.8 Å². The molecule has 12 heteroatoms. The summed E-state index contributed by atoms with van der Waals surface area (Å²) in [5.41, 5.74) is 2.01. The number of ether oxygens (including phenoxy) is 3. The van der Waals surface area contributed by atoms with Crippen LogP contribution in [0.3, 0.4) is 0 Å². The summed E-state index contributed by atoms with van der Waals surface area (Å²) < 4.78 is 17.0. The highest BCUT2D eigenvalue weighted by Gasteiger charge is 2.25. The molecular weight excluding hydrogens is 492 g/mol. The molecule has 2 heterocycles. The number of hydrazone groups is 1. The molecule has 0 saturated carbocycles. The highest BCUT2D eigenvalue weighted by Crippen LogP contribution is 2.39. The van der Waals surface area contributed by atoms with Gasteiger partial charge in [-0.2, -0.15) is 10.1 Å². The Morgan fingerprint density at radius 2 is 1.77 bits per heavy atom. The molecule has 4 aromatic rings. The number of carbonyl (C=O) groups is 1. The Bertz CT molecular complexity index is 1420. The van der Waals surface area contributed by atoms with Gasteiger partial charge in [-0.05, 0) is 42.8 Å². The van der Waals surface area contributed by atoms with Crippen molar-refractivity contribution in [1.29, 1.82) is 0 Å². The van der Waals surface area contributed by atoms with Crippen LogP contribution >= 0.6 is 22.7 Å². The molecule has 0 aliphatic rings. The molecule has 0 spiro atoms. The summed E-state index contributed by atoms with van der Waals surface area (Å²) in [5.74, 6) is 0.478. The molecule has 0 fully saturated rings. The minimum atomic E-state index is -0.498. The Balaban J connectivity index is 1.80. The number of anilines is 1. The quantitative estimate of drug-likeness (QED) is 0.179. The Kier molecular flexibility index (Phi) is 6.94. The van der Waals surface area contributed by atoms with Crippen LogP contribution in [-0.2, 0) is 0 Å². The standard InChI is InChI=1S/C23H20N4O6S2/c1-13-5-7-16-19(9-13)35-23(25-16)26(24-12-15-6-8-20(34-15)27(29)30)22(28)14-10-17(31-2)21(33-4)18(11-14)32-3/h5-12H,1-4H3/b24-12+. The van der Waals surface area contributed by atoms with Crippen LogP contribution in [0.5, 0.6) is 17.2 Å². The first-order valence-electron chi connectivity index (χ1n) is 10.1. The number of aromatic nitrogens is 1. The van der Waals surface area contributed by atoms with Crippen LogP contribution in [-0.4, -0.2) is 43.4 Å². The highest BCUT2D eigenvalue weighted by molar-refractivity contribution is 7.22. The van der Waals surface area contributed by atoms with Crippen molar-refractivity contribution in [2.75, 3.05) is 26.3 Å². The van der Waals surface area contributed by atoms with Crippen molar-refractivity contribution in [3.63, 3.8) is 0 Å². The van der Waals surface area contributed by atoms with Crippen LogP contribution in [0.25, 0.3) is 10.2 Å². The van der Waals surface area contributed by atoms with E-state index in [9.17, 15) is 14.9 Å². The highest BCUT2D eigenvalue weighted by atomic mass is 32.1. The second-order valence-electron chi connectivity index (χ2n) is 7.18. The second kappa shape index (κ2) is 10.1. The Morgan fingerprint density at radius 1 is 1.06 bits per heavy atom. The summed E-state index contributed by atoms with van der Waals surface area (Å²) in [6, 6.07) is 11.8. The first kappa shape index (κ1) is 24.1. The number of nitrogens with zero attached hydrogens (tertiary/aromatic N) is 4. The first-order valence-corrected chi connectivity index (χ1v) is 11.8. The minimum absolute atomic E-state index is 0.0237. The summed E-state index contributed by atoms with van der Waals surface area (Å²) >= 11 is 2.25. The van der Waals surface area contributed by atoms with Gasteiger partial charge >= 0.3 is 5.00 Å². The van der Waals surface area contributed by atoms with Gasteiger partial charge in [0.25, 0.3) is 5.91 Å². The number of fused-ring (bicyclic) bond motifs is 1. The Morgan fingerprint density at radius 3 is 2.37 bits per heavy atom. The molecule has 2 aromatic heterocycles. The van der Waals surface area contributed by atoms with Crippen molar-refractivity contribution in [2.45, 2.75) is 6.92 Å². The largest absolute Gasteiger partial charge is 0.493 e. The summed E-state index contributed by atoms with van der Waals surface area (Å²) in [4.78, 5) is 29.3. The topological polar surface area (TPSA) is 116 Å². The van der Waals surface area contributed by atoms with Crippen LogP contribution in [0.4, 0.5) is 10.1 Å². The van der Waals surface area contributed by atoms with Crippen molar-refractivity contribution >= 4 is 55.1 Å². The number of carbonyl (C=O) groups excluding carboxylic acids is 1. The summed E-state index contributed by atoms with van der Waals surface area (Å²) in [6.45, 7) is 1.97. The number of hydrogen-bond acceptors (Lipinski definition) is 10. The van der Waals surface area contributed by atoms with Crippen molar-refractivity contribution in [3.8, 4) is 17.2 Å². The number of thiazole rings is 1. The molecule has 180 valence electrons. The van der Waals surface area contributed by atoms with Gasteiger partial charge in [-0.15, -0.1) is 0 Å². The number of nitro groups is 1. The van der Waals surface area contributed by atoms with E-state index < -0.39 is 10.8 Å². The molecule has 10 nitrogen and oxygen atoms in total. The summed E-state index contributed by atoms with van der Waals surface area (Å²) in [6.07, 6.45) is 1.39. The van der Waals surface area contributed by atoms with E-state index in [1.165, 1.54) is 57.1 Å². The molecule has 0 unspecified atom stereocenters. The minimum Gasteiger partial charge on any atom is -0.493 e. The smallest absolute Gasteiger partial charge is 0.324 e. The van der Waals surface area contributed by atoms with Crippen LogP contribution in [0, 0.1) is 17.0 Å². The maximum atomic E-state index is 13.7. The SMILES string of the molecule is COc1cc(C(=O)N(/N=C/c2ccc([N+](=O)[O-])s2)c2nc3ccc(C)cc3s2)cc(OC)c1OC. The van der Waals surface area contributed by atoms with Gasteiger partial charge in [-0.25, -0.2) is 4.98 Å². The lowest BCUT2D eigenvalue weighted by atomic mass is 10.1. The fourth-order valence-corrected chi connectivity index (χ4v) is 4.96. The molecule has 0 aliphatic heterocycles. The maximum absolute atomic E-state index is 13.7. The van der Waals surface area contributed by atoms with Gasteiger partial charge in [0.2, 0.25) is 10.9 Å². The second-order valence-corrected chi connectivity index (χ2v) is 9.28. The van der Waals surface area contributed by atoms with Gasteiger partial charge in [0, 0.05) is 11.6 Å². The fourth-order valence-electron chi connectivity index (χ4n) is 3.25. The zero-order valence-corrected chi connectivity index (χ0v) is 20.8. The third-order valence-corrected chi connectivity index (χ3v) is 6.88. The van der Waals surface area contributed by atoms with Crippen LogP contribution in [0.15, 0.2) is 47.6 Å². The van der Waals surface area contributed by atoms with Crippen LogP contribution < -0.4 is 19.2 Å². The third-order valence-electron chi connectivity index (χ3n) is 4.91. The van der Waals surface area contributed by atoms with E-state index in [-0.39, 0.29) is 10.6 Å². The molecule has 0 radical (unpaired) electrons. The van der Waals surface area contributed by atoms with Gasteiger partial charge in [0.05, 0.1) is 47.6 Å². The molecule has 0 atom stereocenters. The molecule has 0 saturated heterocycles. The number of methoxy groups -OCH3 is 3. The Labute approximate surface area is 208 Å². The predicted octanol–water partition coefficient (Wildman–Crippen LogP) is 5.28. The lowest BCUT2D eigenvalue weighted by molar-refractivity contribution is -0.380. The molecule has 0 aliphatic carbocycles. The van der Waals surface area contributed by atoms with Crippen molar-refractivity contribution < 1.29 is 23.9 Å². The van der Waals surface area contributed by atoms with E-state index >= 15 is 0 Å². The number of amides is 1. The molecule has 2 aromatic carbocycles. The number of hydrogen-bond donors (Lipinski definition) is 0. The number of rotatable bonds is 8. The van der Waals surface area contributed by atoms with E-state index in [0.29, 0.717) is 27.3 Å². The van der Waals surface area contributed by atoms with E-state index in [1.807, 2.05) is 25.1 Å². The molecular formula is C23H20N4O6S2. The number of benzene rings is 2. The van der Waals surface area contributed by atoms with Gasteiger partial charge in [0.15, 0.2) is 11.5 Å². The van der Waals surface area contributed by atoms with Crippen molar-refractivity contribution in [1.82, 2.24) is 4.98 Å². The molecule has 35 heavy (non-hydrogen) atoms. The number of thiophene rings is 1. The first-order chi connectivity index (χ1) is 16.8. The molecule has 0 bridgehead atoms. The lowest BCUT2D eigenvalue weighted by Crippen LogP contribution is -2.25. The zero-order chi connectivity index (χ0) is 25.1. The normalized spacial score (nSPS) is 11.1. The van der Waals surface area contributed by atoms with E-state index in [0.717, 1.165) is 32.1 Å². The van der Waals surface area contributed by atoms with E-state index in [2.05, 4.69) is 10.1 Å². The molecule has 0 N–H and O–H groups in total. The van der Waals surface area contributed by atoms with E-state index in [4.69, 9.17) is 14.2 Å². The molecule has 1 amide bonds. The predicted molar refractivity (Wildman–Crippen MR) is 136 cm³/mol. The average molecular weight is 513 g/mol. The van der Waals surface area contributed by atoms with Crippen LogP contribution in [0.2, 0.25) is 0 Å². The zero-order valence-electron chi connectivity index (χ0n) is 19.2. The number of aryl methyl sites for hydroxylation is 1. The van der Waals surface area contributed by atoms with Gasteiger partial charge in [-0.3, -0.25) is 14.9 Å². The summed E-state index contributed by atoms with van der Waals surface area (Å²) in [7, 11) is 4.39. The van der Waals surface area contributed by atoms with Crippen molar-refractivity contribution in [3.05, 3.63) is 68.6 Å². The third kappa shape index (κ3) is 4.93. The summed E-state index contributed by atoms with van der Waals surface area (Å²) in [5, 5.41) is 16.9. The Hall–Kier alpha value is -4.03. The lowest BCUT2D eigenvalue weighted by Gasteiger charge is -2.17. The van der Waals surface area contributed by atoms with Gasteiger partial charge in [-0.1, -0.05) is 28.7 Å². The maximum Gasteiger partial charge on any atom is 0.324 e. The van der Waals surface area contributed by atoms with Gasteiger partial charge < -0.3 is 14.2 Å². The molecule has 4 rings (SSSR count). The average Bonchev–Trinajstić information content (AvgIpc) is 3.50. The van der Waals surface area contributed by atoms with Crippen molar-refractivity contribution in [2.24, 2.45) is 5.10 Å². The monoisotopic (exact) mass is 512 g/mol. The van der Waals surface area contributed by atoms with E-state index in [1.54, 1.807) is 6.07 Å².